The van der Waals surface area contributed by atoms with Gasteiger partial charge in [0, 0.05) is 38.0 Å². The molecule has 18 heavy (non-hydrogen) atoms. The molecule has 1 amide bonds. The van der Waals surface area contributed by atoms with Crippen molar-refractivity contribution in [1.82, 2.24) is 10.2 Å². The van der Waals surface area contributed by atoms with E-state index in [0.717, 1.165) is 13.0 Å². The van der Waals surface area contributed by atoms with E-state index in [1.807, 2.05) is 20.8 Å². The minimum atomic E-state index is -0.470. The van der Waals surface area contributed by atoms with Gasteiger partial charge in [0.25, 0.3) is 0 Å². The molecule has 0 saturated carbocycles. The molecule has 2 fully saturated rings. The van der Waals surface area contributed by atoms with Gasteiger partial charge in [0.2, 0.25) is 0 Å². The molecule has 5 heteroatoms. The SMILES string of the molecule is CC(C)(C)OC(=O)N1CCC2(CC(=O)CCN2)C1. The molecule has 0 aromatic rings. The third-order valence-corrected chi connectivity index (χ3v) is 3.44. The van der Waals surface area contributed by atoms with Crippen molar-refractivity contribution < 1.29 is 14.3 Å². The van der Waals surface area contributed by atoms with Crippen molar-refractivity contribution in [2.24, 2.45) is 0 Å². The third-order valence-electron chi connectivity index (χ3n) is 3.44. The molecule has 2 heterocycles. The summed E-state index contributed by atoms with van der Waals surface area (Å²) in [6, 6.07) is 0. The Morgan fingerprint density at radius 1 is 1.44 bits per heavy atom. The number of likely N-dealkylation sites (tertiary alicyclic amines) is 1. The van der Waals surface area contributed by atoms with Crippen molar-refractivity contribution in [3.63, 3.8) is 0 Å². The summed E-state index contributed by atoms with van der Waals surface area (Å²) in [6.45, 7) is 7.54. The molecular formula is C13H22N2O3. The number of nitrogens with one attached hydrogen (secondary N) is 1. The van der Waals surface area contributed by atoms with Crippen molar-refractivity contribution in [2.75, 3.05) is 19.6 Å². The maximum absolute atomic E-state index is 12.0. The number of Topliss-reactive ketones (excluding diaryl/α,β-unsaturated/α-hetero) is 1. The molecule has 102 valence electrons. The van der Waals surface area contributed by atoms with Crippen LogP contribution in [0.3, 0.4) is 0 Å². The second-order valence-electron chi connectivity index (χ2n) is 6.32. The average Bonchev–Trinajstić information content (AvgIpc) is 2.59. The Morgan fingerprint density at radius 3 is 2.78 bits per heavy atom. The zero-order valence-electron chi connectivity index (χ0n) is 11.4. The van der Waals surface area contributed by atoms with Crippen LogP contribution in [0, 0.1) is 0 Å². The summed E-state index contributed by atoms with van der Waals surface area (Å²) in [5.41, 5.74) is -0.672. The summed E-state index contributed by atoms with van der Waals surface area (Å²) in [5, 5.41) is 3.40. The van der Waals surface area contributed by atoms with E-state index in [-0.39, 0.29) is 11.6 Å². The maximum Gasteiger partial charge on any atom is 0.410 e. The van der Waals surface area contributed by atoms with E-state index in [9.17, 15) is 9.59 Å². The first-order valence-electron chi connectivity index (χ1n) is 6.54. The van der Waals surface area contributed by atoms with Crippen LogP contribution >= 0.6 is 0 Å². The first-order chi connectivity index (χ1) is 8.30. The summed E-state index contributed by atoms with van der Waals surface area (Å²) >= 11 is 0. The van der Waals surface area contributed by atoms with Crippen LogP contribution < -0.4 is 5.32 Å². The fourth-order valence-corrected chi connectivity index (χ4v) is 2.64. The summed E-state index contributed by atoms with van der Waals surface area (Å²) in [4.78, 5) is 25.2. The lowest BCUT2D eigenvalue weighted by atomic mass is 9.87. The first kappa shape index (κ1) is 13.3. The molecule has 0 aromatic carbocycles. The molecule has 2 aliphatic rings. The monoisotopic (exact) mass is 254 g/mol. The van der Waals surface area contributed by atoms with Crippen LogP contribution in [0.1, 0.15) is 40.0 Å². The van der Waals surface area contributed by atoms with Gasteiger partial charge in [-0.1, -0.05) is 0 Å². The fraction of sp³-hybridized carbons (Fsp3) is 0.846. The van der Waals surface area contributed by atoms with Crippen molar-refractivity contribution in [1.29, 1.82) is 0 Å². The number of hydrogen-bond acceptors (Lipinski definition) is 4. The van der Waals surface area contributed by atoms with Crippen LogP contribution in [0.15, 0.2) is 0 Å². The van der Waals surface area contributed by atoms with Crippen molar-refractivity contribution in [3.05, 3.63) is 0 Å². The Bertz CT molecular complexity index is 362. The first-order valence-corrected chi connectivity index (χ1v) is 6.54. The largest absolute Gasteiger partial charge is 0.444 e. The number of carbonyl (C=O) groups excluding carboxylic acids is 2. The van der Waals surface area contributed by atoms with Gasteiger partial charge < -0.3 is 15.0 Å². The lowest BCUT2D eigenvalue weighted by Crippen LogP contribution is -2.53. The molecular weight excluding hydrogens is 232 g/mol. The number of ether oxygens (including phenoxy) is 1. The van der Waals surface area contributed by atoms with Gasteiger partial charge in [-0.3, -0.25) is 4.79 Å². The van der Waals surface area contributed by atoms with Crippen LogP contribution in [0.2, 0.25) is 0 Å². The highest BCUT2D eigenvalue weighted by atomic mass is 16.6. The van der Waals surface area contributed by atoms with E-state index < -0.39 is 5.60 Å². The molecule has 0 radical (unpaired) electrons. The van der Waals surface area contributed by atoms with Crippen LogP contribution in [-0.4, -0.2) is 47.6 Å². The molecule has 2 rings (SSSR count). The lowest BCUT2D eigenvalue weighted by molar-refractivity contribution is -0.122. The minimum Gasteiger partial charge on any atom is -0.444 e. The third kappa shape index (κ3) is 3.02. The summed E-state index contributed by atoms with van der Waals surface area (Å²) < 4.78 is 5.36. The second kappa shape index (κ2) is 4.53. The number of rotatable bonds is 0. The van der Waals surface area contributed by atoms with Crippen LogP contribution in [-0.2, 0) is 9.53 Å². The van der Waals surface area contributed by atoms with Gasteiger partial charge in [0.15, 0.2) is 0 Å². The average molecular weight is 254 g/mol. The zero-order chi connectivity index (χ0) is 13.4. The maximum atomic E-state index is 12.0. The molecule has 1 N–H and O–H groups in total. The normalized spacial score (nSPS) is 28.8. The Hall–Kier alpha value is -1.10. The summed E-state index contributed by atoms with van der Waals surface area (Å²) in [6.07, 6.45) is 1.69. The van der Waals surface area contributed by atoms with Crippen molar-refractivity contribution >= 4 is 11.9 Å². The topological polar surface area (TPSA) is 58.6 Å². The predicted molar refractivity (Wildman–Crippen MR) is 67.4 cm³/mol. The molecule has 2 aliphatic heterocycles. The second-order valence-corrected chi connectivity index (χ2v) is 6.32. The van der Waals surface area contributed by atoms with E-state index in [2.05, 4.69) is 5.32 Å². The van der Waals surface area contributed by atoms with Crippen molar-refractivity contribution in [2.45, 2.75) is 51.2 Å². The van der Waals surface area contributed by atoms with Crippen LogP contribution in [0.25, 0.3) is 0 Å². The lowest BCUT2D eigenvalue weighted by Gasteiger charge is -2.34. The Morgan fingerprint density at radius 2 is 2.17 bits per heavy atom. The molecule has 0 aromatic heterocycles. The van der Waals surface area contributed by atoms with Gasteiger partial charge in [-0.25, -0.2) is 4.79 Å². The number of ketones is 1. The standard InChI is InChI=1S/C13H22N2O3/c1-12(2,3)18-11(17)15-7-5-13(9-15)8-10(16)4-6-14-13/h14H,4-9H2,1-3H3. The van der Waals surface area contributed by atoms with Gasteiger partial charge in [0.05, 0.1) is 0 Å². The van der Waals surface area contributed by atoms with E-state index in [1.54, 1.807) is 4.90 Å². The fourth-order valence-electron chi connectivity index (χ4n) is 2.64. The molecule has 1 atom stereocenters. The number of piperidine rings is 1. The summed E-state index contributed by atoms with van der Waals surface area (Å²) in [5.74, 6) is 0.291. The van der Waals surface area contributed by atoms with Crippen LogP contribution in [0.5, 0.6) is 0 Å². The van der Waals surface area contributed by atoms with Gasteiger partial charge in [-0.2, -0.15) is 0 Å². The smallest absolute Gasteiger partial charge is 0.410 e. The predicted octanol–water partition coefficient (Wildman–Crippen LogP) is 1.32. The Kier molecular flexibility index (Phi) is 3.36. The van der Waals surface area contributed by atoms with E-state index in [1.165, 1.54) is 0 Å². The van der Waals surface area contributed by atoms with Gasteiger partial charge in [-0.05, 0) is 27.2 Å². The molecule has 5 nitrogen and oxygen atoms in total. The number of carbonyl (C=O) groups is 2. The zero-order valence-corrected chi connectivity index (χ0v) is 11.4. The number of hydrogen-bond donors (Lipinski definition) is 1. The van der Waals surface area contributed by atoms with E-state index in [4.69, 9.17) is 4.74 Å². The van der Waals surface area contributed by atoms with Gasteiger partial charge in [0.1, 0.15) is 11.4 Å². The number of nitrogens with zero attached hydrogens (tertiary/aromatic N) is 1. The Labute approximate surface area is 108 Å². The minimum absolute atomic E-state index is 0.202. The van der Waals surface area contributed by atoms with Gasteiger partial charge in [-0.15, -0.1) is 0 Å². The quantitative estimate of drug-likeness (QED) is 0.708. The molecule has 0 aliphatic carbocycles. The highest BCUT2D eigenvalue weighted by Crippen LogP contribution is 2.29. The number of amides is 1. The molecule has 1 unspecified atom stereocenters. The highest BCUT2D eigenvalue weighted by Gasteiger charge is 2.43. The van der Waals surface area contributed by atoms with E-state index in [0.29, 0.717) is 31.7 Å². The Balaban J connectivity index is 1.95. The molecule has 1 spiro atoms. The van der Waals surface area contributed by atoms with Gasteiger partial charge >= 0.3 is 6.09 Å². The van der Waals surface area contributed by atoms with Crippen LogP contribution in [0.4, 0.5) is 4.79 Å². The summed E-state index contributed by atoms with van der Waals surface area (Å²) in [7, 11) is 0. The van der Waals surface area contributed by atoms with Crippen molar-refractivity contribution in [3.8, 4) is 0 Å². The highest BCUT2D eigenvalue weighted by molar-refractivity contribution is 5.81. The molecule has 2 saturated heterocycles. The molecule has 0 bridgehead atoms. The van der Waals surface area contributed by atoms with E-state index >= 15 is 0 Å².